The number of nitrogens with zero attached hydrogens (tertiary/aromatic N) is 1. The molecule has 10 nitrogen and oxygen atoms in total. The number of amides is 6. The maximum atomic E-state index is 12.6. The summed E-state index contributed by atoms with van der Waals surface area (Å²) in [5.74, 6) is -1.84. The highest BCUT2D eigenvalue weighted by Crippen LogP contribution is 2.24. The van der Waals surface area contributed by atoms with Crippen LogP contribution in [0, 0.1) is 5.92 Å². The predicted octanol–water partition coefficient (Wildman–Crippen LogP) is 1.43. The summed E-state index contributed by atoms with van der Waals surface area (Å²) in [5, 5.41) is 7.46. The van der Waals surface area contributed by atoms with Gasteiger partial charge in [-0.2, -0.15) is 0 Å². The van der Waals surface area contributed by atoms with E-state index in [0.29, 0.717) is 12.3 Å². The van der Waals surface area contributed by atoms with Gasteiger partial charge in [-0.3, -0.25) is 24.6 Å². The SMILES string of the molecule is CC(C)CC[C@]1(C)NC(=O)N(CC(=O)O[C@H](C)C(=O)NC(=O)NC2CCCC2)C1=O. The van der Waals surface area contributed by atoms with E-state index >= 15 is 0 Å². The summed E-state index contributed by atoms with van der Waals surface area (Å²) in [7, 11) is 0. The van der Waals surface area contributed by atoms with Gasteiger partial charge in [0, 0.05) is 6.04 Å². The highest BCUT2D eigenvalue weighted by molar-refractivity contribution is 6.08. The Kier molecular flexibility index (Phi) is 7.80. The molecule has 0 aromatic carbocycles. The summed E-state index contributed by atoms with van der Waals surface area (Å²) < 4.78 is 5.00. The Hall–Kier alpha value is -2.65. The fourth-order valence-corrected chi connectivity index (χ4v) is 3.56. The third kappa shape index (κ3) is 6.17. The number of ether oxygens (including phenoxy) is 1. The molecule has 2 atom stereocenters. The minimum absolute atomic E-state index is 0.0420. The lowest BCUT2D eigenvalue weighted by Gasteiger charge is -2.22. The summed E-state index contributed by atoms with van der Waals surface area (Å²) in [6.07, 6.45) is 3.75. The Morgan fingerprint density at radius 1 is 1.20 bits per heavy atom. The van der Waals surface area contributed by atoms with Gasteiger partial charge < -0.3 is 15.4 Å². The van der Waals surface area contributed by atoms with Gasteiger partial charge in [0.25, 0.3) is 11.8 Å². The van der Waals surface area contributed by atoms with Crippen molar-refractivity contribution in [1.29, 1.82) is 0 Å². The molecule has 6 amide bonds. The Bertz CT molecular complexity index is 703. The molecule has 1 heterocycles. The van der Waals surface area contributed by atoms with Crippen molar-refractivity contribution in [2.75, 3.05) is 6.54 Å². The fourth-order valence-electron chi connectivity index (χ4n) is 3.56. The molecule has 1 aliphatic carbocycles. The highest BCUT2D eigenvalue weighted by Gasteiger charge is 2.48. The molecule has 1 saturated carbocycles. The summed E-state index contributed by atoms with van der Waals surface area (Å²) in [4.78, 5) is 61.7. The van der Waals surface area contributed by atoms with E-state index in [0.717, 1.165) is 37.0 Å². The highest BCUT2D eigenvalue weighted by atomic mass is 16.5. The zero-order valence-corrected chi connectivity index (χ0v) is 18.1. The zero-order chi connectivity index (χ0) is 22.5. The van der Waals surface area contributed by atoms with Crippen LogP contribution in [0.25, 0.3) is 0 Å². The quantitative estimate of drug-likeness (QED) is 0.399. The number of carbonyl (C=O) groups excluding carboxylic acids is 5. The van der Waals surface area contributed by atoms with Crippen LogP contribution in [0.15, 0.2) is 0 Å². The van der Waals surface area contributed by atoms with Crippen LogP contribution in [-0.2, 0) is 19.1 Å². The Balaban J connectivity index is 1.82. The standard InChI is InChI=1S/C20H32N4O6/c1-12(2)9-10-20(4)17(27)24(19(29)23-20)11-15(25)30-13(3)16(26)22-18(28)21-14-7-5-6-8-14/h12-14H,5-11H2,1-4H3,(H,23,29)(H2,21,22,26,28)/t13-,20+/m1/s1. The fraction of sp³-hybridized carbons (Fsp3) is 0.750. The summed E-state index contributed by atoms with van der Waals surface area (Å²) >= 11 is 0. The van der Waals surface area contributed by atoms with Gasteiger partial charge in [-0.05, 0) is 45.4 Å². The molecule has 0 bridgehead atoms. The van der Waals surface area contributed by atoms with Crippen molar-refractivity contribution in [3.8, 4) is 0 Å². The lowest BCUT2D eigenvalue weighted by molar-refractivity contribution is -0.156. The van der Waals surface area contributed by atoms with Crippen molar-refractivity contribution in [3.05, 3.63) is 0 Å². The van der Waals surface area contributed by atoms with Crippen LogP contribution in [0.2, 0.25) is 0 Å². The number of nitrogens with one attached hydrogen (secondary N) is 3. The van der Waals surface area contributed by atoms with E-state index in [1.807, 2.05) is 13.8 Å². The zero-order valence-electron chi connectivity index (χ0n) is 18.1. The summed E-state index contributed by atoms with van der Waals surface area (Å²) in [5.41, 5.74) is -1.07. The van der Waals surface area contributed by atoms with E-state index in [-0.39, 0.29) is 6.04 Å². The second-order valence-electron chi connectivity index (χ2n) is 8.66. The number of imide groups is 2. The van der Waals surface area contributed by atoms with Gasteiger partial charge in [0.15, 0.2) is 6.10 Å². The molecule has 2 rings (SSSR count). The normalized spacial score (nSPS) is 22.8. The van der Waals surface area contributed by atoms with Crippen LogP contribution in [0.4, 0.5) is 9.59 Å². The third-order valence-electron chi connectivity index (χ3n) is 5.46. The van der Waals surface area contributed by atoms with Gasteiger partial charge >= 0.3 is 18.0 Å². The van der Waals surface area contributed by atoms with Crippen molar-refractivity contribution < 1.29 is 28.7 Å². The van der Waals surface area contributed by atoms with Gasteiger partial charge in [0.05, 0.1) is 0 Å². The van der Waals surface area contributed by atoms with Gasteiger partial charge in [-0.15, -0.1) is 0 Å². The number of carbonyl (C=O) groups is 5. The molecule has 1 saturated heterocycles. The molecule has 1 aliphatic heterocycles. The van der Waals surface area contributed by atoms with E-state index in [4.69, 9.17) is 4.74 Å². The first-order chi connectivity index (χ1) is 14.0. The van der Waals surface area contributed by atoms with Crippen LogP contribution >= 0.6 is 0 Å². The largest absolute Gasteiger partial charge is 0.451 e. The maximum absolute atomic E-state index is 12.6. The van der Waals surface area contributed by atoms with E-state index in [2.05, 4.69) is 16.0 Å². The summed E-state index contributed by atoms with van der Waals surface area (Å²) in [6.45, 7) is 6.36. The van der Waals surface area contributed by atoms with Crippen LogP contribution in [0.3, 0.4) is 0 Å². The maximum Gasteiger partial charge on any atom is 0.327 e. The van der Waals surface area contributed by atoms with Crippen molar-refractivity contribution in [2.24, 2.45) is 5.92 Å². The van der Waals surface area contributed by atoms with Gasteiger partial charge in [-0.25, -0.2) is 9.59 Å². The van der Waals surface area contributed by atoms with Crippen LogP contribution < -0.4 is 16.0 Å². The smallest absolute Gasteiger partial charge is 0.327 e. The topological polar surface area (TPSA) is 134 Å². The first-order valence-electron chi connectivity index (χ1n) is 10.5. The molecule has 0 unspecified atom stereocenters. The Labute approximate surface area is 176 Å². The van der Waals surface area contributed by atoms with Gasteiger partial charge in [-0.1, -0.05) is 26.7 Å². The van der Waals surface area contributed by atoms with Crippen molar-refractivity contribution in [3.63, 3.8) is 0 Å². The van der Waals surface area contributed by atoms with E-state index in [1.165, 1.54) is 6.92 Å². The molecule has 0 aromatic rings. The van der Waals surface area contributed by atoms with Crippen LogP contribution in [0.5, 0.6) is 0 Å². The molecular weight excluding hydrogens is 392 g/mol. The lowest BCUT2D eigenvalue weighted by Crippen LogP contribution is -2.48. The number of esters is 1. The van der Waals surface area contributed by atoms with Crippen LogP contribution in [-0.4, -0.2) is 59.0 Å². The van der Waals surface area contributed by atoms with Crippen LogP contribution in [0.1, 0.15) is 66.2 Å². The molecule has 0 radical (unpaired) electrons. The number of rotatable bonds is 8. The van der Waals surface area contributed by atoms with Crippen molar-refractivity contribution >= 4 is 29.8 Å². The minimum atomic E-state index is -1.25. The van der Waals surface area contributed by atoms with Crippen molar-refractivity contribution in [2.45, 2.75) is 83.9 Å². The first-order valence-corrected chi connectivity index (χ1v) is 10.5. The number of hydrogen-bond acceptors (Lipinski definition) is 6. The minimum Gasteiger partial charge on any atom is -0.451 e. The monoisotopic (exact) mass is 424 g/mol. The second-order valence-corrected chi connectivity index (χ2v) is 8.66. The molecule has 30 heavy (non-hydrogen) atoms. The molecule has 2 fully saturated rings. The van der Waals surface area contributed by atoms with Crippen molar-refractivity contribution in [1.82, 2.24) is 20.9 Å². The molecule has 3 N–H and O–H groups in total. The Morgan fingerprint density at radius 2 is 1.83 bits per heavy atom. The molecule has 0 aromatic heterocycles. The number of urea groups is 2. The third-order valence-corrected chi connectivity index (χ3v) is 5.46. The second kappa shape index (κ2) is 9.90. The average molecular weight is 424 g/mol. The average Bonchev–Trinajstić information content (AvgIpc) is 3.22. The van der Waals surface area contributed by atoms with E-state index in [1.54, 1.807) is 6.92 Å². The predicted molar refractivity (Wildman–Crippen MR) is 107 cm³/mol. The van der Waals surface area contributed by atoms with Gasteiger partial charge in [0.1, 0.15) is 12.1 Å². The molecule has 0 spiro atoms. The van der Waals surface area contributed by atoms with E-state index < -0.39 is 48.0 Å². The Morgan fingerprint density at radius 3 is 2.43 bits per heavy atom. The molecule has 2 aliphatic rings. The number of hydrogen-bond donors (Lipinski definition) is 3. The molecular formula is C20H32N4O6. The molecule has 168 valence electrons. The summed E-state index contributed by atoms with van der Waals surface area (Å²) in [6, 6.07) is -1.26. The van der Waals surface area contributed by atoms with E-state index in [9.17, 15) is 24.0 Å². The lowest BCUT2D eigenvalue weighted by atomic mass is 9.92. The van der Waals surface area contributed by atoms with Gasteiger partial charge in [0.2, 0.25) is 0 Å². The first kappa shape index (κ1) is 23.6. The molecule has 10 heteroatoms.